The van der Waals surface area contributed by atoms with E-state index in [0.29, 0.717) is 44.7 Å². The number of hydrogen-bond donors (Lipinski definition) is 2. The Labute approximate surface area is 172 Å². The smallest absolute Gasteiger partial charge is 0.232 e. The van der Waals surface area contributed by atoms with Crippen LogP contribution in [0.2, 0.25) is 0 Å². The van der Waals surface area contributed by atoms with Gasteiger partial charge in [0.25, 0.3) is 0 Å². The van der Waals surface area contributed by atoms with Crippen LogP contribution in [-0.2, 0) is 9.53 Å². The molecule has 3 N–H and O–H groups in total. The van der Waals surface area contributed by atoms with Crippen LogP contribution in [0.15, 0.2) is 35.3 Å². The molecule has 1 atom stereocenters. The third kappa shape index (κ3) is 5.84. The van der Waals surface area contributed by atoms with Gasteiger partial charge in [0, 0.05) is 19.6 Å². The zero-order chi connectivity index (χ0) is 17.5. The maximum atomic E-state index is 13.0. The van der Waals surface area contributed by atoms with E-state index in [9.17, 15) is 4.79 Å². The van der Waals surface area contributed by atoms with Crippen LogP contribution >= 0.6 is 24.0 Å². The van der Waals surface area contributed by atoms with E-state index < -0.39 is 0 Å². The van der Waals surface area contributed by atoms with E-state index in [1.165, 1.54) is 19.3 Å². The van der Waals surface area contributed by atoms with Crippen molar-refractivity contribution in [1.29, 1.82) is 0 Å². The Morgan fingerprint density at radius 2 is 1.96 bits per heavy atom. The van der Waals surface area contributed by atoms with Crippen molar-refractivity contribution in [1.82, 2.24) is 10.2 Å². The lowest BCUT2D eigenvalue weighted by molar-refractivity contribution is -0.136. The summed E-state index contributed by atoms with van der Waals surface area (Å²) in [4.78, 5) is 19.3. The number of halogens is 1. The van der Waals surface area contributed by atoms with Crippen LogP contribution in [0.1, 0.15) is 30.7 Å². The predicted molar refractivity (Wildman–Crippen MR) is 114 cm³/mol. The van der Waals surface area contributed by atoms with Gasteiger partial charge in [0.15, 0.2) is 5.96 Å². The molecule has 1 aromatic rings. The maximum Gasteiger partial charge on any atom is 0.232 e. The topological polar surface area (TPSA) is 80.0 Å². The fourth-order valence-corrected chi connectivity index (χ4v) is 3.21. The van der Waals surface area contributed by atoms with Gasteiger partial charge in [0.1, 0.15) is 0 Å². The summed E-state index contributed by atoms with van der Waals surface area (Å²) in [7, 11) is 0. The van der Waals surface area contributed by atoms with E-state index in [2.05, 4.69) is 10.3 Å². The van der Waals surface area contributed by atoms with Crippen LogP contribution in [0, 0.1) is 5.92 Å². The van der Waals surface area contributed by atoms with Gasteiger partial charge in [-0.1, -0.05) is 36.8 Å². The number of ether oxygens (including phenoxy) is 1. The van der Waals surface area contributed by atoms with E-state index in [0.717, 1.165) is 12.1 Å². The van der Waals surface area contributed by atoms with Gasteiger partial charge in [-0.3, -0.25) is 9.79 Å². The Morgan fingerprint density at radius 1 is 1.27 bits per heavy atom. The van der Waals surface area contributed by atoms with Gasteiger partial charge in [-0.05, 0) is 24.3 Å². The Hall–Kier alpha value is -1.35. The lowest BCUT2D eigenvalue weighted by Crippen LogP contribution is -2.44. The standard InChI is InChI=1S/C19H28N4O2.HI/c20-19(21-13-15-5-4-6-15)22-14-17(16-7-2-1-3-8-16)18(24)23-9-11-25-12-10-23;/h1-3,7-8,15,17H,4-6,9-14H2,(H3,20,21,22);1H. The Balaban J connectivity index is 0.00000243. The highest BCUT2D eigenvalue weighted by Crippen LogP contribution is 2.25. The Bertz CT molecular complexity index is 586. The number of carbonyl (C=O) groups is 1. The number of morpholine rings is 1. The summed E-state index contributed by atoms with van der Waals surface area (Å²) in [6, 6.07) is 9.83. The number of carbonyl (C=O) groups excluding carboxylic acids is 1. The first-order valence-electron chi connectivity index (χ1n) is 9.19. The molecule has 1 saturated heterocycles. The largest absolute Gasteiger partial charge is 0.378 e. The van der Waals surface area contributed by atoms with Crippen molar-refractivity contribution < 1.29 is 9.53 Å². The van der Waals surface area contributed by atoms with E-state index in [-0.39, 0.29) is 35.8 Å². The second-order valence-corrected chi connectivity index (χ2v) is 6.80. The minimum Gasteiger partial charge on any atom is -0.378 e. The highest BCUT2D eigenvalue weighted by atomic mass is 127. The van der Waals surface area contributed by atoms with Crippen molar-refractivity contribution in [2.75, 3.05) is 39.4 Å². The van der Waals surface area contributed by atoms with Crippen molar-refractivity contribution in [2.24, 2.45) is 16.6 Å². The quantitative estimate of drug-likeness (QED) is 0.377. The molecule has 1 aromatic carbocycles. The lowest BCUT2D eigenvalue weighted by Gasteiger charge is -2.30. The average Bonchev–Trinajstić information content (AvgIpc) is 2.62. The molecule has 2 aliphatic rings. The third-order valence-corrected chi connectivity index (χ3v) is 5.06. The highest BCUT2D eigenvalue weighted by molar-refractivity contribution is 14.0. The van der Waals surface area contributed by atoms with Crippen LogP contribution in [0.5, 0.6) is 0 Å². The summed E-state index contributed by atoms with van der Waals surface area (Å²) in [5.74, 6) is 0.949. The minimum absolute atomic E-state index is 0. The number of nitrogens with two attached hydrogens (primary N) is 1. The molecule has 6 nitrogen and oxygen atoms in total. The molecule has 1 amide bonds. The molecule has 0 spiro atoms. The molecular weight excluding hydrogens is 443 g/mol. The number of nitrogens with one attached hydrogen (secondary N) is 1. The molecule has 1 unspecified atom stereocenters. The molecule has 1 heterocycles. The Morgan fingerprint density at radius 3 is 2.58 bits per heavy atom. The van der Waals surface area contributed by atoms with Crippen molar-refractivity contribution in [3.63, 3.8) is 0 Å². The summed E-state index contributed by atoms with van der Waals surface area (Å²) >= 11 is 0. The molecule has 2 fully saturated rings. The van der Waals surface area contributed by atoms with Crippen molar-refractivity contribution in [3.8, 4) is 0 Å². The molecule has 144 valence electrons. The fraction of sp³-hybridized carbons (Fsp3) is 0.579. The first-order valence-corrected chi connectivity index (χ1v) is 9.19. The van der Waals surface area contributed by atoms with Crippen molar-refractivity contribution in [2.45, 2.75) is 25.2 Å². The van der Waals surface area contributed by atoms with Gasteiger partial charge < -0.3 is 20.7 Å². The third-order valence-electron chi connectivity index (χ3n) is 5.06. The molecular formula is C19H29IN4O2. The number of benzene rings is 1. The van der Waals surface area contributed by atoms with Gasteiger partial charge >= 0.3 is 0 Å². The lowest BCUT2D eigenvalue weighted by atomic mass is 9.85. The summed E-state index contributed by atoms with van der Waals surface area (Å²) in [6.45, 7) is 3.72. The average molecular weight is 472 g/mol. The summed E-state index contributed by atoms with van der Waals surface area (Å²) in [5.41, 5.74) is 6.98. The van der Waals surface area contributed by atoms with E-state index >= 15 is 0 Å². The number of hydrogen-bond acceptors (Lipinski definition) is 3. The number of nitrogens with zero attached hydrogens (tertiary/aromatic N) is 2. The predicted octanol–water partition coefficient (Wildman–Crippen LogP) is 1.95. The molecule has 1 saturated carbocycles. The van der Waals surface area contributed by atoms with Crippen LogP contribution in [0.25, 0.3) is 0 Å². The number of amides is 1. The van der Waals surface area contributed by atoms with E-state index in [1.807, 2.05) is 35.2 Å². The Kier molecular flexibility index (Phi) is 8.64. The molecule has 7 heteroatoms. The fourth-order valence-electron chi connectivity index (χ4n) is 3.21. The maximum absolute atomic E-state index is 13.0. The first-order chi connectivity index (χ1) is 12.2. The minimum atomic E-state index is -0.302. The van der Waals surface area contributed by atoms with Crippen LogP contribution < -0.4 is 11.1 Å². The number of aliphatic imine (C=N–C) groups is 1. The monoisotopic (exact) mass is 472 g/mol. The molecule has 26 heavy (non-hydrogen) atoms. The van der Waals surface area contributed by atoms with E-state index in [4.69, 9.17) is 10.5 Å². The number of guanidine groups is 1. The van der Waals surface area contributed by atoms with Crippen LogP contribution in [-0.4, -0.2) is 56.2 Å². The first kappa shape index (κ1) is 21.0. The SMILES string of the molecule is I.NC(=NCC(C(=O)N1CCOCC1)c1ccccc1)NCC1CCC1. The zero-order valence-corrected chi connectivity index (χ0v) is 17.4. The van der Waals surface area contributed by atoms with Gasteiger partial charge in [-0.15, -0.1) is 24.0 Å². The molecule has 1 aliphatic heterocycles. The normalized spacial score (nSPS) is 19.2. The second kappa shape index (κ2) is 10.7. The zero-order valence-electron chi connectivity index (χ0n) is 15.1. The summed E-state index contributed by atoms with van der Waals surface area (Å²) < 4.78 is 5.35. The molecule has 3 rings (SSSR count). The summed E-state index contributed by atoms with van der Waals surface area (Å²) in [6.07, 6.45) is 3.85. The van der Waals surface area contributed by atoms with Crippen molar-refractivity contribution >= 4 is 35.8 Å². The van der Waals surface area contributed by atoms with Gasteiger partial charge in [-0.25, -0.2) is 0 Å². The number of rotatable bonds is 6. The summed E-state index contributed by atoms with van der Waals surface area (Å²) in [5, 5.41) is 3.19. The van der Waals surface area contributed by atoms with Crippen LogP contribution in [0.3, 0.4) is 0 Å². The molecule has 0 radical (unpaired) electrons. The van der Waals surface area contributed by atoms with Gasteiger partial charge in [-0.2, -0.15) is 0 Å². The molecule has 0 aromatic heterocycles. The van der Waals surface area contributed by atoms with E-state index in [1.54, 1.807) is 0 Å². The second-order valence-electron chi connectivity index (χ2n) is 6.80. The highest BCUT2D eigenvalue weighted by Gasteiger charge is 2.27. The molecule has 1 aliphatic carbocycles. The van der Waals surface area contributed by atoms with Gasteiger partial charge in [0.2, 0.25) is 5.91 Å². The van der Waals surface area contributed by atoms with Gasteiger partial charge in [0.05, 0.1) is 25.7 Å². The molecule has 0 bridgehead atoms. The van der Waals surface area contributed by atoms with Crippen molar-refractivity contribution in [3.05, 3.63) is 35.9 Å². The van der Waals surface area contributed by atoms with Crippen LogP contribution in [0.4, 0.5) is 0 Å².